The first-order valence-electron chi connectivity index (χ1n) is 11.3. The summed E-state index contributed by atoms with van der Waals surface area (Å²) in [6.45, 7) is 12.8. The van der Waals surface area contributed by atoms with Crippen molar-refractivity contribution in [2.75, 3.05) is 19.6 Å². The monoisotopic (exact) mass is 416 g/mol. The van der Waals surface area contributed by atoms with Crippen LogP contribution in [0.25, 0.3) is 0 Å². The lowest BCUT2D eigenvalue weighted by Crippen LogP contribution is -2.44. The van der Waals surface area contributed by atoms with Crippen molar-refractivity contribution in [3.05, 3.63) is 29.6 Å². The van der Waals surface area contributed by atoms with E-state index >= 15 is 4.39 Å². The Kier molecular flexibility index (Phi) is 5.75. The van der Waals surface area contributed by atoms with E-state index in [1.807, 2.05) is 32.6 Å². The number of rotatable bonds is 4. The second kappa shape index (κ2) is 7.92. The fourth-order valence-electron chi connectivity index (χ4n) is 4.81. The zero-order chi connectivity index (χ0) is 21.7. The van der Waals surface area contributed by atoms with Crippen LogP contribution in [0.3, 0.4) is 0 Å². The number of nitrogens with zero attached hydrogens (tertiary/aromatic N) is 2. The summed E-state index contributed by atoms with van der Waals surface area (Å²) in [5.74, 6) is -0.713. The van der Waals surface area contributed by atoms with Crippen LogP contribution in [0.1, 0.15) is 70.7 Å². The summed E-state index contributed by atoms with van der Waals surface area (Å²) in [4.78, 5) is 17.5. The lowest BCUT2D eigenvalue weighted by atomic mass is 9.78. The highest BCUT2D eigenvalue weighted by molar-refractivity contribution is 6.62. The van der Waals surface area contributed by atoms with Crippen molar-refractivity contribution >= 4 is 18.5 Å². The largest absolute Gasteiger partial charge is 0.494 e. The highest BCUT2D eigenvalue weighted by Gasteiger charge is 2.51. The normalized spacial score (nSPS) is 28.5. The molecule has 0 N–H and O–H groups in total. The van der Waals surface area contributed by atoms with Crippen molar-refractivity contribution in [2.45, 2.75) is 83.6 Å². The lowest BCUT2D eigenvalue weighted by molar-refractivity contribution is 0.00578. The quantitative estimate of drug-likeness (QED) is 0.707. The van der Waals surface area contributed by atoms with Crippen LogP contribution < -0.4 is 5.46 Å². The molecular weight excluding hydrogens is 382 g/mol. The molecule has 7 heteroatoms. The van der Waals surface area contributed by atoms with Crippen LogP contribution in [0, 0.1) is 5.82 Å². The number of carbonyl (C=O) groups excluding carboxylic acids is 1. The van der Waals surface area contributed by atoms with Gasteiger partial charge in [0, 0.05) is 25.2 Å². The van der Waals surface area contributed by atoms with E-state index in [4.69, 9.17) is 9.31 Å². The van der Waals surface area contributed by atoms with Crippen LogP contribution >= 0.6 is 0 Å². The van der Waals surface area contributed by atoms with Gasteiger partial charge in [-0.05, 0) is 84.4 Å². The van der Waals surface area contributed by atoms with Crippen molar-refractivity contribution in [2.24, 2.45) is 0 Å². The SMILES string of the molecule is CC1CCCN1CC1CCCN1C(=O)c1ccc(B2OC(C)(C)C(C)(C)O2)cc1F. The molecule has 164 valence electrons. The van der Waals surface area contributed by atoms with Gasteiger partial charge in [0.15, 0.2) is 0 Å². The minimum Gasteiger partial charge on any atom is -0.399 e. The van der Waals surface area contributed by atoms with Gasteiger partial charge in [0.25, 0.3) is 5.91 Å². The fraction of sp³-hybridized carbons (Fsp3) is 0.696. The van der Waals surface area contributed by atoms with Crippen LogP contribution in [-0.4, -0.2) is 65.7 Å². The third-order valence-electron chi connectivity index (χ3n) is 7.52. The van der Waals surface area contributed by atoms with E-state index in [1.54, 1.807) is 12.1 Å². The standard InChI is InChI=1S/C23H34BFN2O3/c1-16-8-6-12-26(16)15-18-9-7-13-27(18)21(28)19-11-10-17(14-20(19)25)24-29-22(2,3)23(4,5)30-24/h10-11,14,16,18H,6-9,12-13,15H2,1-5H3. The average Bonchev–Trinajstić information content (AvgIpc) is 3.34. The van der Waals surface area contributed by atoms with Gasteiger partial charge in [0.1, 0.15) is 5.82 Å². The van der Waals surface area contributed by atoms with Crippen molar-refractivity contribution in [1.82, 2.24) is 9.80 Å². The average molecular weight is 416 g/mol. The summed E-state index contributed by atoms with van der Waals surface area (Å²) in [6.07, 6.45) is 4.40. The zero-order valence-corrected chi connectivity index (χ0v) is 18.9. The fourth-order valence-corrected chi connectivity index (χ4v) is 4.81. The Balaban J connectivity index is 1.48. The number of hydrogen-bond acceptors (Lipinski definition) is 4. The Bertz CT molecular complexity index is 800. The smallest absolute Gasteiger partial charge is 0.399 e. The first-order chi connectivity index (χ1) is 14.1. The number of hydrogen-bond donors (Lipinski definition) is 0. The first kappa shape index (κ1) is 21.8. The molecule has 3 aliphatic rings. The molecule has 1 aromatic rings. The summed E-state index contributed by atoms with van der Waals surface area (Å²) in [5.41, 5.74) is -0.237. The zero-order valence-electron chi connectivity index (χ0n) is 18.9. The van der Waals surface area contributed by atoms with Crippen LogP contribution in [0.15, 0.2) is 18.2 Å². The summed E-state index contributed by atoms with van der Waals surface area (Å²) in [6, 6.07) is 5.47. The molecule has 30 heavy (non-hydrogen) atoms. The molecule has 3 fully saturated rings. The number of halogens is 1. The van der Waals surface area contributed by atoms with Crippen LogP contribution in [0.2, 0.25) is 0 Å². The third kappa shape index (κ3) is 3.92. The second-order valence-corrected chi connectivity index (χ2v) is 10.1. The maximum atomic E-state index is 15.0. The molecule has 5 nitrogen and oxygen atoms in total. The molecule has 3 heterocycles. The molecule has 3 saturated heterocycles. The van der Waals surface area contributed by atoms with Crippen molar-refractivity contribution in [3.8, 4) is 0 Å². The molecular formula is C23H34BFN2O3. The Labute approximate surface area is 180 Å². The van der Waals surface area contributed by atoms with Gasteiger partial charge in [0.2, 0.25) is 0 Å². The van der Waals surface area contributed by atoms with Crippen molar-refractivity contribution in [1.29, 1.82) is 0 Å². The second-order valence-electron chi connectivity index (χ2n) is 10.1. The van der Waals surface area contributed by atoms with Gasteiger partial charge in [-0.3, -0.25) is 9.69 Å². The number of amides is 1. The van der Waals surface area contributed by atoms with E-state index in [0.29, 0.717) is 18.0 Å². The molecule has 0 aromatic heterocycles. The van der Waals surface area contributed by atoms with Gasteiger partial charge in [-0.1, -0.05) is 6.07 Å². The van der Waals surface area contributed by atoms with E-state index in [0.717, 1.165) is 25.9 Å². The lowest BCUT2D eigenvalue weighted by Gasteiger charge is -2.32. The van der Waals surface area contributed by atoms with Gasteiger partial charge in [-0.2, -0.15) is 0 Å². The van der Waals surface area contributed by atoms with E-state index in [2.05, 4.69) is 11.8 Å². The number of benzene rings is 1. The molecule has 0 aliphatic carbocycles. The molecule has 2 atom stereocenters. The van der Waals surface area contributed by atoms with E-state index in [9.17, 15) is 4.79 Å². The minimum absolute atomic E-state index is 0.136. The number of carbonyl (C=O) groups is 1. The maximum Gasteiger partial charge on any atom is 0.494 e. The van der Waals surface area contributed by atoms with E-state index < -0.39 is 24.1 Å². The third-order valence-corrected chi connectivity index (χ3v) is 7.52. The predicted octanol–water partition coefficient (Wildman–Crippen LogP) is 3.21. The number of likely N-dealkylation sites (tertiary alicyclic amines) is 2. The molecule has 0 saturated carbocycles. The van der Waals surface area contributed by atoms with Gasteiger partial charge in [-0.25, -0.2) is 4.39 Å². The van der Waals surface area contributed by atoms with E-state index in [1.165, 1.54) is 18.9 Å². The molecule has 0 radical (unpaired) electrons. The predicted molar refractivity (Wildman–Crippen MR) is 116 cm³/mol. The Morgan fingerprint density at radius 2 is 1.80 bits per heavy atom. The topological polar surface area (TPSA) is 42.0 Å². The minimum atomic E-state index is -0.634. The van der Waals surface area contributed by atoms with E-state index in [-0.39, 0.29) is 17.5 Å². The highest BCUT2D eigenvalue weighted by atomic mass is 19.1. The summed E-state index contributed by atoms with van der Waals surface area (Å²) < 4.78 is 27.1. The van der Waals surface area contributed by atoms with Crippen molar-refractivity contribution < 1.29 is 18.5 Å². The van der Waals surface area contributed by atoms with Gasteiger partial charge in [-0.15, -0.1) is 0 Å². The van der Waals surface area contributed by atoms with Gasteiger partial charge >= 0.3 is 7.12 Å². The highest BCUT2D eigenvalue weighted by Crippen LogP contribution is 2.36. The molecule has 1 amide bonds. The first-order valence-corrected chi connectivity index (χ1v) is 11.3. The summed E-state index contributed by atoms with van der Waals surface area (Å²) in [5, 5.41) is 0. The molecule has 3 aliphatic heterocycles. The summed E-state index contributed by atoms with van der Waals surface area (Å²) in [7, 11) is -0.634. The van der Waals surface area contributed by atoms with Crippen LogP contribution in [0.4, 0.5) is 4.39 Å². The maximum absolute atomic E-state index is 15.0. The Hall–Kier alpha value is -1.44. The molecule has 0 bridgehead atoms. The van der Waals surface area contributed by atoms with Crippen LogP contribution in [-0.2, 0) is 9.31 Å². The Morgan fingerprint density at radius 3 is 2.40 bits per heavy atom. The molecule has 1 aromatic carbocycles. The van der Waals surface area contributed by atoms with Gasteiger partial charge in [0.05, 0.1) is 16.8 Å². The van der Waals surface area contributed by atoms with Crippen LogP contribution in [0.5, 0.6) is 0 Å². The summed E-state index contributed by atoms with van der Waals surface area (Å²) >= 11 is 0. The molecule has 4 rings (SSSR count). The molecule has 0 spiro atoms. The van der Waals surface area contributed by atoms with Crippen molar-refractivity contribution in [3.63, 3.8) is 0 Å². The molecule has 2 unspecified atom stereocenters. The van der Waals surface area contributed by atoms with Gasteiger partial charge < -0.3 is 14.2 Å². The Morgan fingerprint density at radius 1 is 1.13 bits per heavy atom.